The van der Waals surface area contributed by atoms with E-state index in [2.05, 4.69) is 39.2 Å². The third-order valence-corrected chi connectivity index (χ3v) is 6.22. The van der Waals surface area contributed by atoms with Gasteiger partial charge in [0.2, 0.25) is 11.8 Å². The molecule has 0 saturated carbocycles. The van der Waals surface area contributed by atoms with Gasteiger partial charge in [-0.15, -0.1) is 5.10 Å². The lowest BCUT2D eigenvalue weighted by atomic mass is 9.96. The van der Waals surface area contributed by atoms with Gasteiger partial charge in [-0.3, -0.25) is 9.89 Å². The number of pyridine rings is 1. The Morgan fingerprint density at radius 1 is 1.21 bits per heavy atom. The fourth-order valence-electron chi connectivity index (χ4n) is 4.20. The van der Waals surface area contributed by atoms with Gasteiger partial charge in [-0.1, -0.05) is 37.6 Å². The van der Waals surface area contributed by atoms with E-state index in [4.69, 9.17) is 21.4 Å². The molecule has 0 aliphatic carbocycles. The van der Waals surface area contributed by atoms with E-state index in [-0.39, 0.29) is 31.1 Å². The first-order valence-corrected chi connectivity index (χ1v) is 11.9. The fraction of sp³-hybridized carbons (Fsp3) is 0.458. The van der Waals surface area contributed by atoms with E-state index in [1.54, 1.807) is 6.20 Å². The molecule has 1 amide bonds. The molecule has 0 unspecified atom stereocenters. The van der Waals surface area contributed by atoms with Crippen LogP contribution in [0.1, 0.15) is 25.3 Å². The van der Waals surface area contributed by atoms with Gasteiger partial charge in [0.05, 0.1) is 18.2 Å². The van der Waals surface area contributed by atoms with Crippen molar-refractivity contribution in [3.63, 3.8) is 0 Å². The monoisotopic (exact) mass is 486 g/mol. The molecule has 1 aromatic carbocycles. The van der Waals surface area contributed by atoms with Crippen LogP contribution in [0, 0.1) is 0 Å². The Kier molecular flexibility index (Phi) is 7.87. The van der Waals surface area contributed by atoms with Crippen molar-refractivity contribution in [3.05, 3.63) is 47.1 Å². The zero-order valence-electron chi connectivity index (χ0n) is 19.5. The number of fused-ring (bicyclic) bond motifs is 1. The van der Waals surface area contributed by atoms with Crippen LogP contribution in [-0.2, 0) is 4.79 Å². The van der Waals surface area contributed by atoms with Gasteiger partial charge in [0.25, 0.3) is 0 Å². The topological polar surface area (TPSA) is 107 Å². The number of aliphatic hydroxyl groups excluding tert-OH is 1. The van der Waals surface area contributed by atoms with E-state index in [1.807, 2.05) is 35.2 Å². The Balaban J connectivity index is 1.48. The predicted octanol–water partition coefficient (Wildman–Crippen LogP) is 2.41. The van der Waals surface area contributed by atoms with Crippen molar-refractivity contribution in [1.82, 2.24) is 25.4 Å². The van der Waals surface area contributed by atoms with E-state index in [0.717, 1.165) is 16.6 Å². The van der Waals surface area contributed by atoms with Crippen LogP contribution in [0.25, 0.3) is 11.0 Å². The first kappa shape index (κ1) is 24.3. The van der Waals surface area contributed by atoms with Gasteiger partial charge in [0.15, 0.2) is 5.65 Å². The Hall–Kier alpha value is -2.88. The summed E-state index contributed by atoms with van der Waals surface area (Å²) in [4.78, 5) is 22.0. The molecule has 34 heavy (non-hydrogen) atoms. The summed E-state index contributed by atoms with van der Waals surface area (Å²) < 4.78 is 5.59. The minimum Gasteiger partial charge on any atom is -0.474 e. The standard InChI is InChI=1S/C24H31ClN6O3/c1-16(2)27-15-19(17-3-5-18(25)6-4-17)24(33)31-11-9-30(10-12-31)20-7-8-26-22-21(20)23(29-28-22)34-14-13-32/h3-8,16,19,27,32H,9-15H2,1-2H3,(H,26,28,29)/t19-/m1/s1. The Morgan fingerprint density at radius 3 is 2.62 bits per heavy atom. The normalized spacial score (nSPS) is 15.2. The number of ether oxygens (including phenoxy) is 1. The maximum absolute atomic E-state index is 13.5. The number of aliphatic hydroxyl groups is 1. The number of hydrogen-bond acceptors (Lipinski definition) is 7. The summed E-state index contributed by atoms with van der Waals surface area (Å²) in [5.41, 5.74) is 2.55. The summed E-state index contributed by atoms with van der Waals surface area (Å²) in [7, 11) is 0. The van der Waals surface area contributed by atoms with Crippen LogP contribution < -0.4 is 15.0 Å². The first-order valence-electron chi connectivity index (χ1n) is 11.6. The van der Waals surface area contributed by atoms with Crippen molar-refractivity contribution >= 4 is 34.2 Å². The number of carbonyl (C=O) groups excluding carboxylic acids is 1. The van der Waals surface area contributed by atoms with Gasteiger partial charge >= 0.3 is 0 Å². The highest BCUT2D eigenvalue weighted by atomic mass is 35.5. The quantitative estimate of drug-likeness (QED) is 0.426. The molecule has 3 aromatic rings. The Labute approximate surface area is 204 Å². The number of aromatic amines is 1. The van der Waals surface area contributed by atoms with Crippen LogP contribution in [0.5, 0.6) is 5.88 Å². The summed E-state index contributed by atoms with van der Waals surface area (Å²) >= 11 is 6.07. The molecule has 3 heterocycles. The van der Waals surface area contributed by atoms with Crippen LogP contribution in [0.3, 0.4) is 0 Å². The molecule has 9 nitrogen and oxygen atoms in total. The van der Waals surface area contributed by atoms with Crippen molar-refractivity contribution in [2.75, 3.05) is 50.8 Å². The molecule has 1 aliphatic rings. The Morgan fingerprint density at radius 2 is 1.94 bits per heavy atom. The smallest absolute Gasteiger partial charge is 0.244 e. The minimum absolute atomic E-state index is 0.0921. The van der Waals surface area contributed by atoms with Crippen molar-refractivity contribution in [2.24, 2.45) is 0 Å². The molecule has 1 saturated heterocycles. The highest BCUT2D eigenvalue weighted by Gasteiger charge is 2.30. The zero-order chi connectivity index (χ0) is 24.1. The molecule has 1 fully saturated rings. The van der Waals surface area contributed by atoms with E-state index < -0.39 is 0 Å². The number of anilines is 1. The van der Waals surface area contributed by atoms with Crippen LogP contribution >= 0.6 is 11.6 Å². The van der Waals surface area contributed by atoms with E-state index in [9.17, 15) is 4.79 Å². The molecular formula is C24H31ClN6O3. The molecule has 10 heteroatoms. The number of amides is 1. The van der Waals surface area contributed by atoms with Crippen LogP contribution in [-0.4, -0.2) is 83.1 Å². The molecule has 2 aromatic heterocycles. The maximum atomic E-state index is 13.5. The summed E-state index contributed by atoms with van der Waals surface area (Å²) in [6.07, 6.45) is 1.73. The number of hydrogen-bond donors (Lipinski definition) is 3. The largest absolute Gasteiger partial charge is 0.474 e. The molecule has 4 rings (SSSR count). The second-order valence-corrected chi connectivity index (χ2v) is 9.07. The van der Waals surface area contributed by atoms with Crippen molar-refractivity contribution in [3.8, 4) is 5.88 Å². The number of nitrogens with zero attached hydrogens (tertiary/aromatic N) is 4. The lowest BCUT2D eigenvalue weighted by Crippen LogP contribution is -2.51. The highest BCUT2D eigenvalue weighted by Crippen LogP contribution is 2.32. The third kappa shape index (κ3) is 5.43. The van der Waals surface area contributed by atoms with Gasteiger partial charge in [0, 0.05) is 50.0 Å². The SMILES string of the molecule is CC(C)NC[C@@H](C(=O)N1CCN(c2ccnc3[nH]nc(OCCO)c23)CC1)c1ccc(Cl)cc1. The molecule has 0 radical (unpaired) electrons. The van der Waals surface area contributed by atoms with Gasteiger partial charge in [-0.25, -0.2) is 4.98 Å². The predicted molar refractivity (Wildman–Crippen MR) is 133 cm³/mol. The number of benzene rings is 1. The van der Waals surface area contributed by atoms with E-state index in [0.29, 0.717) is 49.3 Å². The number of carbonyl (C=O) groups is 1. The third-order valence-electron chi connectivity index (χ3n) is 5.97. The summed E-state index contributed by atoms with van der Waals surface area (Å²) in [5.74, 6) is 0.268. The lowest BCUT2D eigenvalue weighted by Gasteiger charge is -2.38. The number of H-pyrrole nitrogens is 1. The molecule has 3 N–H and O–H groups in total. The Bertz CT molecular complexity index is 1100. The zero-order valence-corrected chi connectivity index (χ0v) is 20.3. The fourth-order valence-corrected chi connectivity index (χ4v) is 4.33. The first-order chi connectivity index (χ1) is 16.5. The average Bonchev–Trinajstić information content (AvgIpc) is 3.27. The number of aromatic nitrogens is 3. The van der Waals surface area contributed by atoms with Crippen molar-refractivity contribution in [2.45, 2.75) is 25.8 Å². The minimum atomic E-state index is -0.272. The van der Waals surface area contributed by atoms with Crippen molar-refractivity contribution < 1.29 is 14.6 Å². The number of halogens is 1. The van der Waals surface area contributed by atoms with E-state index in [1.165, 1.54) is 0 Å². The van der Waals surface area contributed by atoms with Gasteiger partial charge in [-0.2, -0.15) is 0 Å². The van der Waals surface area contributed by atoms with Gasteiger partial charge in [-0.05, 0) is 23.8 Å². The van der Waals surface area contributed by atoms with Crippen molar-refractivity contribution in [1.29, 1.82) is 0 Å². The molecule has 1 atom stereocenters. The summed E-state index contributed by atoms with van der Waals surface area (Å²) in [5, 5.41) is 21.1. The lowest BCUT2D eigenvalue weighted by molar-refractivity contribution is -0.133. The number of rotatable bonds is 9. The van der Waals surface area contributed by atoms with Crippen LogP contribution in [0.2, 0.25) is 5.02 Å². The van der Waals surface area contributed by atoms with Crippen LogP contribution in [0.4, 0.5) is 5.69 Å². The van der Waals surface area contributed by atoms with Gasteiger partial charge < -0.3 is 25.0 Å². The van der Waals surface area contributed by atoms with Gasteiger partial charge in [0.1, 0.15) is 12.0 Å². The summed E-state index contributed by atoms with van der Waals surface area (Å²) in [6, 6.07) is 9.75. The molecule has 182 valence electrons. The van der Waals surface area contributed by atoms with E-state index >= 15 is 0 Å². The molecular weight excluding hydrogens is 456 g/mol. The maximum Gasteiger partial charge on any atom is 0.244 e. The highest BCUT2D eigenvalue weighted by molar-refractivity contribution is 6.30. The molecule has 1 aliphatic heterocycles. The number of piperazine rings is 1. The summed E-state index contributed by atoms with van der Waals surface area (Å²) in [6.45, 7) is 7.37. The second kappa shape index (κ2) is 11.0. The molecule has 0 spiro atoms. The molecule has 0 bridgehead atoms. The average molecular weight is 487 g/mol. The number of nitrogens with one attached hydrogen (secondary N) is 2. The second-order valence-electron chi connectivity index (χ2n) is 8.63. The van der Waals surface area contributed by atoms with Crippen LogP contribution in [0.15, 0.2) is 36.5 Å².